The lowest BCUT2D eigenvalue weighted by Gasteiger charge is -2.13. The molecular formula is C17H16Cl2N2O3S. The number of ether oxygens (including phenoxy) is 2. The Morgan fingerprint density at radius 1 is 1.12 bits per heavy atom. The molecule has 2 aromatic carbocycles. The van der Waals surface area contributed by atoms with Gasteiger partial charge in [0, 0.05) is 5.56 Å². The number of benzene rings is 2. The number of nitrogens with two attached hydrogens (primary N) is 1. The van der Waals surface area contributed by atoms with Crippen molar-refractivity contribution in [2.75, 3.05) is 6.61 Å². The van der Waals surface area contributed by atoms with E-state index in [4.69, 9.17) is 38.4 Å². The minimum Gasteiger partial charge on any atom is -0.490 e. The second kappa shape index (κ2) is 8.89. The average molecular weight is 399 g/mol. The first-order valence-corrected chi connectivity index (χ1v) is 8.51. The molecule has 0 aromatic heterocycles. The molecule has 0 bridgehead atoms. The van der Waals surface area contributed by atoms with Gasteiger partial charge >= 0.3 is 0 Å². The van der Waals surface area contributed by atoms with Crippen molar-refractivity contribution >= 4 is 46.4 Å². The van der Waals surface area contributed by atoms with E-state index in [1.807, 2.05) is 13.0 Å². The van der Waals surface area contributed by atoms with Crippen LogP contribution in [0.4, 0.5) is 0 Å². The summed E-state index contributed by atoms with van der Waals surface area (Å²) < 4.78 is 11.3. The summed E-state index contributed by atoms with van der Waals surface area (Å²) in [6, 6.07) is 10.1. The van der Waals surface area contributed by atoms with Crippen molar-refractivity contribution < 1.29 is 14.3 Å². The van der Waals surface area contributed by atoms with Crippen LogP contribution in [-0.4, -0.2) is 17.6 Å². The smallest absolute Gasteiger partial charge is 0.257 e. The van der Waals surface area contributed by atoms with Gasteiger partial charge in [-0.2, -0.15) is 0 Å². The van der Waals surface area contributed by atoms with E-state index in [1.165, 1.54) is 0 Å². The minimum atomic E-state index is -0.413. The Morgan fingerprint density at radius 2 is 1.88 bits per heavy atom. The van der Waals surface area contributed by atoms with E-state index in [2.05, 4.69) is 17.5 Å². The first kappa shape index (κ1) is 19.3. The summed E-state index contributed by atoms with van der Waals surface area (Å²) in [6.07, 6.45) is 0. The van der Waals surface area contributed by atoms with Gasteiger partial charge in [-0.1, -0.05) is 29.3 Å². The Balaban J connectivity index is 2.17. The van der Waals surface area contributed by atoms with Crippen molar-refractivity contribution in [2.24, 2.45) is 5.73 Å². The van der Waals surface area contributed by atoms with Gasteiger partial charge in [0.1, 0.15) is 6.61 Å². The first-order chi connectivity index (χ1) is 11.9. The van der Waals surface area contributed by atoms with Gasteiger partial charge in [0.2, 0.25) is 0 Å². The van der Waals surface area contributed by atoms with E-state index in [-0.39, 0.29) is 11.7 Å². The van der Waals surface area contributed by atoms with Crippen molar-refractivity contribution in [2.45, 2.75) is 13.5 Å². The third kappa shape index (κ3) is 5.49. The van der Waals surface area contributed by atoms with Crippen LogP contribution in [0.5, 0.6) is 11.5 Å². The molecule has 0 aliphatic carbocycles. The van der Waals surface area contributed by atoms with Crippen molar-refractivity contribution in [1.29, 1.82) is 0 Å². The molecular weight excluding hydrogens is 383 g/mol. The zero-order valence-corrected chi connectivity index (χ0v) is 15.7. The fourth-order valence-corrected chi connectivity index (χ4v) is 2.42. The van der Waals surface area contributed by atoms with Gasteiger partial charge in [0.05, 0.1) is 16.7 Å². The second-order valence-electron chi connectivity index (χ2n) is 4.95. The summed E-state index contributed by atoms with van der Waals surface area (Å²) in [6.45, 7) is 2.53. The molecule has 0 atom stereocenters. The lowest BCUT2D eigenvalue weighted by molar-refractivity contribution is 0.0977. The normalized spacial score (nSPS) is 10.2. The highest BCUT2D eigenvalue weighted by atomic mass is 35.5. The maximum absolute atomic E-state index is 12.0. The molecule has 132 valence electrons. The molecule has 0 aliphatic rings. The van der Waals surface area contributed by atoms with Crippen LogP contribution in [0.15, 0.2) is 36.4 Å². The summed E-state index contributed by atoms with van der Waals surface area (Å²) >= 11 is 16.6. The van der Waals surface area contributed by atoms with E-state index in [0.29, 0.717) is 33.7 Å². The minimum absolute atomic E-state index is 0.0945. The SMILES string of the molecule is CCOc1cc(C(=O)NC(N)=S)ccc1OCc1ccc(Cl)c(Cl)c1. The molecule has 0 heterocycles. The maximum atomic E-state index is 12.0. The highest BCUT2D eigenvalue weighted by molar-refractivity contribution is 7.80. The Hall–Kier alpha value is -2.02. The Labute approximate surface area is 161 Å². The lowest BCUT2D eigenvalue weighted by atomic mass is 10.2. The summed E-state index contributed by atoms with van der Waals surface area (Å²) in [5, 5.41) is 3.21. The van der Waals surface area contributed by atoms with Crippen LogP contribution in [-0.2, 0) is 6.61 Å². The number of carbonyl (C=O) groups excluding carboxylic acids is 1. The van der Waals surface area contributed by atoms with Crippen LogP contribution >= 0.6 is 35.4 Å². The van der Waals surface area contributed by atoms with Gasteiger partial charge in [0.25, 0.3) is 5.91 Å². The number of thiocarbonyl (C=S) groups is 1. The number of hydrogen-bond donors (Lipinski definition) is 2. The first-order valence-electron chi connectivity index (χ1n) is 7.35. The fourth-order valence-electron chi connectivity index (χ4n) is 2.01. The highest BCUT2D eigenvalue weighted by Crippen LogP contribution is 2.30. The molecule has 0 unspecified atom stereocenters. The molecule has 0 saturated heterocycles. The molecule has 0 radical (unpaired) electrons. The van der Waals surface area contributed by atoms with Gasteiger partial charge in [-0.3, -0.25) is 10.1 Å². The van der Waals surface area contributed by atoms with Gasteiger partial charge in [-0.15, -0.1) is 0 Å². The van der Waals surface area contributed by atoms with E-state index < -0.39 is 5.91 Å². The van der Waals surface area contributed by atoms with E-state index in [9.17, 15) is 4.79 Å². The lowest BCUT2D eigenvalue weighted by Crippen LogP contribution is -2.34. The molecule has 5 nitrogen and oxygen atoms in total. The largest absolute Gasteiger partial charge is 0.490 e. The summed E-state index contributed by atoms with van der Waals surface area (Å²) in [5.41, 5.74) is 6.53. The zero-order chi connectivity index (χ0) is 18.4. The van der Waals surface area contributed by atoms with E-state index in [0.717, 1.165) is 5.56 Å². The molecule has 3 N–H and O–H groups in total. The monoisotopic (exact) mass is 398 g/mol. The number of hydrogen-bond acceptors (Lipinski definition) is 4. The molecule has 0 aliphatic heterocycles. The quantitative estimate of drug-likeness (QED) is 0.720. The molecule has 0 saturated carbocycles. The number of halogens is 2. The van der Waals surface area contributed by atoms with Crippen molar-refractivity contribution in [3.63, 3.8) is 0 Å². The zero-order valence-electron chi connectivity index (χ0n) is 13.3. The van der Waals surface area contributed by atoms with Gasteiger partial charge < -0.3 is 15.2 Å². The molecule has 25 heavy (non-hydrogen) atoms. The standard InChI is InChI=1S/C17H16Cl2N2O3S/c1-2-23-15-8-11(16(22)21-17(20)25)4-6-14(15)24-9-10-3-5-12(18)13(19)7-10/h3-8H,2,9H2,1H3,(H3,20,21,22,25). The molecule has 8 heteroatoms. The third-order valence-corrected chi connectivity index (χ3v) is 3.96. The average Bonchev–Trinajstić information content (AvgIpc) is 2.56. The predicted octanol–water partition coefficient (Wildman–Crippen LogP) is 3.94. The number of amides is 1. The van der Waals surface area contributed by atoms with Crippen LogP contribution in [0.1, 0.15) is 22.8 Å². The van der Waals surface area contributed by atoms with Crippen LogP contribution < -0.4 is 20.5 Å². The highest BCUT2D eigenvalue weighted by Gasteiger charge is 2.12. The van der Waals surface area contributed by atoms with Crippen molar-refractivity contribution in [1.82, 2.24) is 5.32 Å². The van der Waals surface area contributed by atoms with Gasteiger partial charge in [0.15, 0.2) is 16.6 Å². The maximum Gasteiger partial charge on any atom is 0.257 e. The molecule has 2 rings (SSSR count). The summed E-state index contributed by atoms with van der Waals surface area (Å²) in [5.74, 6) is 0.530. The molecule has 1 amide bonds. The van der Waals surface area contributed by atoms with E-state index in [1.54, 1.807) is 30.3 Å². The van der Waals surface area contributed by atoms with Crippen LogP contribution in [0, 0.1) is 0 Å². The molecule has 0 fully saturated rings. The van der Waals surface area contributed by atoms with Crippen molar-refractivity contribution in [3.8, 4) is 11.5 Å². The topological polar surface area (TPSA) is 73.6 Å². The predicted molar refractivity (Wildman–Crippen MR) is 103 cm³/mol. The Kier molecular flexibility index (Phi) is 6.87. The fraction of sp³-hybridized carbons (Fsp3) is 0.176. The number of carbonyl (C=O) groups is 1. The number of rotatable bonds is 6. The molecule has 0 spiro atoms. The van der Waals surface area contributed by atoms with Crippen LogP contribution in [0.2, 0.25) is 10.0 Å². The molecule has 2 aromatic rings. The Morgan fingerprint density at radius 3 is 2.52 bits per heavy atom. The van der Waals surface area contributed by atoms with Crippen molar-refractivity contribution in [3.05, 3.63) is 57.6 Å². The van der Waals surface area contributed by atoms with Crippen LogP contribution in [0.25, 0.3) is 0 Å². The number of nitrogens with one attached hydrogen (secondary N) is 1. The van der Waals surface area contributed by atoms with Gasteiger partial charge in [-0.05, 0) is 55.0 Å². The summed E-state index contributed by atoms with van der Waals surface area (Å²) in [4.78, 5) is 12.0. The second-order valence-corrected chi connectivity index (χ2v) is 6.20. The van der Waals surface area contributed by atoms with E-state index >= 15 is 0 Å². The summed E-state index contributed by atoms with van der Waals surface area (Å²) in [7, 11) is 0. The van der Waals surface area contributed by atoms with Crippen LogP contribution in [0.3, 0.4) is 0 Å². The van der Waals surface area contributed by atoms with Gasteiger partial charge in [-0.25, -0.2) is 0 Å². The Bertz CT molecular complexity index is 799. The third-order valence-electron chi connectivity index (χ3n) is 3.12.